The predicted molar refractivity (Wildman–Crippen MR) is 87.6 cm³/mol. The van der Waals surface area contributed by atoms with Gasteiger partial charge in [-0.05, 0) is 29.8 Å². The zero-order chi connectivity index (χ0) is 15.4. The van der Waals surface area contributed by atoms with Crippen LogP contribution in [0.5, 0.6) is 5.75 Å². The highest BCUT2D eigenvalue weighted by atomic mass is 35.5. The third-order valence-electron chi connectivity index (χ3n) is 3.23. The fraction of sp³-hybridized carbons (Fsp3) is 0.188. The maximum absolute atomic E-state index is 7.70. The molecule has 0 radical (unpaired) electrons. The summed E-state index contributed by atoms with van der Waals surface area (Å²) in [5.41, 5.74) is 8.14. The van der Waals surface area contributed by atoms with Crippen LogP contribution in [0.15, 0.2) is 42.5 Å². The lowest BCUT2D eigenvalue weighted by atomic mass is 10.1. The Morgan fingerprint density at radius 1 is 1.29 bits per heavy atom. The van der Waals surface area contributed by atoms with E-state index >= 15 is 0 Å². The van der Waals surface area contributed by atoms with E-state index in [0.29, 0.717) is 17.1 Å². The van der Waals surface area contributed by atoms with Gasteiger partial charge in [-0.1, -0.05) is 29.8 Å². The van der Waals surface area contributed by atoms with Gasteiger partial charge in [-0.2, -0.15) is 0 Å². The number of halogens is 1. The number of hydrogen-bond donors (Lipinski definition) is 2. The monoisotopic (exact) mass is 303 g/mol. The fourth-order valence-electron chi connectivity index (χ4n) is 2.23. The highest BCUT2D eigenvalue weighted by Crippen LogP contribution is 2.27. The molecular formula is C16H18ClN3O. The van der Waals surface area contributed by atoms with Gasteiger partial charge in [-0.25, -0.2) is 0 Å². The molecule has 0 aromatic heterocycles. The van der Waals surface area contributed by atoms with Gasteiger partial charge >= 0.3 is 0 Å². The topological polar surface area (TPSA) is 62.3 Å². The quantitative estimate of drug-likeness (QED) is 0.658. The molecule has 0 aliphatic heterocycles. The summed E-state index contributed by atoms with van der Waals surface area (Å²) >= 11 is 6.15. The van der Waals surface area contributed by atoms with Crippen molar-refractivity contribution < 1.29 is 4.74 Å². The Balaban J connectivity index is 2.30. The minimum absolute atomic E-state index is 0.0342. The number of methoxy groups -OCH3 is 1. The second kappa shape index (κ2) is 6.50. The van der Waals surface area contributed by atoms with E-state index in [9.17, 15) is 0 Å². The first kappa shape index (κ1) is 15.2. The number of rotatable bonds is 5. The van der Waals surface area contributed by atoms with Crippen molar-refractivity contribution in [1.82, 2.24) is 0 Å². The first-order valence-corrected chi connectivity index (χ1v) is 6.87. The predicted octanol–water partition coefficient (Wildman–Crippen LogP) is 3.27. The molecule has 0 bridgehead atoms. The molecule has 110 valence electrons. The molecule has 4 nitrogen and oxygen atoms in total. The van der Waals surface area contributed by atoms with Gasteiger partial charge in [0.05, 0.1) is 17.7 Å². The standard InChI is InChI=1S/C16H18ClN3O/c1-20(10-11-5-3-6-12(9-11)21-2)14-8-4-7-13(17)15(14)16(18)19/h3-9H,10H2,1-2H3,(H3,18,19). The average Bonchev–Trinajstić information content (AvgIpc) is 2.46. The number of amidine groups is 1. The summed E-state index contributed by atoms with van der Waals surface area (Å²) in [5.74, 6) is 0.784. The summed E-state index contributed by atoms with van der Waals surface area (Å²) in [6.07, 6.45) is 0. The van der Waals surface area contributed by atoms with Crippen LogP contribution in [0.25, 0.3) is 0 Å². The van der Waals surface area contributed by atoms with Crippen molar-refractivity contribution in [3.8, 4) is 5.75 Å². The van der Waals surface area contributed by atoms with E-state index in [-0.39, 0.29) is 5.84 Å². The third-order valence-corrected chi connectivity index (χ3v) is 3.54. The van der Waals surface area contributed by atoms with E-state index in [1.165, 1.54) is 0 Å². The van der Waals surface area contributed by atoms with Crippen LogP contribution in [-0.2, 0) is 6.54 Å². The van der Waals surface area contributed by atoms with Crippen LogP contribution < -0.4 is 15.4 Å². The van der Waals surface area contributed by atoms with E-state index in [2.05, 4.69) is 0 Å². The number of nitrogens with two attached hydrogens (primary N) is 1. The van der Waals surface area contributed by atoms with Crippen molar-refractivity contribution in [1.29, 1.82) is 5.41 Å². The molecule has 0 heterocycles. The average molecular weight is 304 g/mol. The summed E-state index contributed by atoms with van der Waals surface area (Å²) in [4.78, 5) is 2.01. The first-order valence-electron chi connectivity index (χ1n) is 6.50. The lowest BCUT2D eigenvalue weighted by Crippen LogP contribution is -2.22. The molecule has 0 atom stereocenters. The minimum Gasteiger partial charge on any atom is -0.497 e. The zero-order valence-electron chi connectivity index (χ0n) is 12.1. The van der Waals surface area contributed by atoms with Crippen LogP contribution in [0.1, 0.15) is 11.1 Å². The minimum atomic E-state index is -0.0342. The SMILES string of the molecule is COc1cccc(CN(C)c2cccc(Cl)c2C(=N)N)c1. The summed E-state index contributed by atoms with van der Waals surface area (Å²) in [6.45, 7) is 0.665. The van der Waals surface area contributed by atoms with E-state index in [4.69, 9.17) is 27.5 Å². The van der Waals surface area contributed by atoms with Gasteiger partial charge in [-0.3, -0.25) is 5.41 Å². The van der Waals surface area contributed by atoms with Crippen LogP contribution in [0.3, 0.4) is 0 Å². The number of nitrogen functional groups attached to an aromatic ring is 1. The maximum atomic E-state index is 7.70. The molecule has 0 spiro atoms. The van der Waals surface area contributed by atoms with Gasteiger partial charge in [0.2, 0.25) is 0 Å². The summed E-state index contributed by atoms with van der Waals surface area (Å²) in [5, 5.41) is 8.18. The normalized spacial score (nSPS) is 10.2. The van der Waals surface area contributed by atoms with Gasteiger partial charge in [-0.15, -0.1) is 0 Å². The Morgan fingerprint density at radius 3 is 2.67 bits per heavy atom. The van der Waals surface area contributed by atoms with Gasteiger partial charge in [0.25, 0.3) is 0 Å². The number of nitrogens with zero attached hydrogens (tertiary/aromatic N) is 1. The van der Waals surface area contributed by atoms with E-state index in [1.54, 1.807) is 13.2 Å². The van der Waals surface area contributed by atoms with Crippen LogP contribution in [0.4, 0.5) is 5.69 Å². The van der Waals surface area contributed by atoms with Crippen molar-refractivity contribution in [2.45, 2.75) is 6.54 Å². The zero-order valence-corrected chi connectivity index (χ0v) is 12.8. The number of hydrogen-bond acceptors (Lipinski definition) is 3. The lowest BCUT2D eigenvalue weighted by molar-refractivity contribution is 0.414. The molecule has 0 amide bonds. The number of benzene rings is 2. The number of nitrogens with one attached hydrogen (secondary N) is 1. The lowest BCUT2D eigenvalue weighted by Gasteiger charge is -2.23. The summed E-state index contributed by atoms with van der Waals surface area (Å²) < 4.78 is 5.23. The van der Waals surface area contributed by atoms with E-state index in [0.717, 1.165) is 17.0 Å². The van der Waals surface area contributed by atoms with Crippen molar-refractivity contribution in [2.24, 2.45) is 5.73 Å². The second-order valence-electron chi connectivity index (χ2n) is 4.76. The first-order chi connectivity index (χ1) is 10.0. The van der Waals surface area contributed by atoms with Crippen LogP contribution in [0.2, 0.25) is 5.02 Å². The molecule has 5 heteroatoms. The van der Waals surface area contributed by atoms with Crippen molar-refractivity contribution in [3.63, 3.8) is 0 Å². The largest absolute Gasteiger partial charge is 0.497 e. The van der Waals surface area contributed by atoms with Gasteiger partial charge in [0, 0.05) is 19.3 Å². The Kier molecular flexibility index (Phi) is 4.70. The highest BCUT2D eigenvalue weighted by Gasteiger charge is 2.13. The van der Waals surface area contributed by atoms with Crippen molar-refractivity contribution in [3.05, 3.63) is 58.6 Å². The van der Waals surface area contributed by atoms with Crippen molar-refractivity contribution >= 4 is 23.1 Å². The molecule has 2 aromatic rings. The van der Waals surface area contributed by atoms with E-state index < -0.39 is 0 Å². The smallest absolute Gasteiger partial charge is 0.126 e. The second-order valence-corrected chi connectivity index (χ2v) is 5.16. The molecule has 0 saturated carbocycles. The van der Waals surface area contributed by atoms with Crippen LogP contribution in [0, 0.1) is 5.41 Å². The molecule has 0 fully saturated rings. The summed E-state index contributed by atoms with van der Waals surface area (Å²) in [7, 11) is 3.59. The van der Waals surface area contributed by atoms with Gasteiger partial charge in [0.1, 0.15) is 11.6 Å². The fourth-order valence-corrected chi connectivity index (χ4v) is 2.50. The molecule has 0 aliphatic rings. The molecule has 21 heavy (non-hydrogen) atoms. The van der Waals surface area contributed by atoms with Crippen molar-refractivity contribution in [2.75, 3.05) is 19.1 Å². The molecular weight excluding hydrogens is 286 g/mol. The Morgan fingerprint density at radius 2 is 2.00 bits per heavy atom. The Hall–Kier alpha value is -2.20. The third kappa shape index (κ3) is 3.47. The number of ether oxygens (including phenoxy) is 1. The van der Waals surface area contributed by atoms with Gasteiger partial charge in [0.15, 0.2) is 0 Å². The van der Waals surface area contributed by atoms with E-state index in [1.807, 2.05) is 48.3 Å². The van der Waals surface area contributed by atoms with Crippen LogP contribution >= 0.6 is 11.6 Å². The maximum Gasteiger partial charge on any atom is 0.126 e. The number of anilines is 1. The molecule has 2 rings (SSSR count). The molecule has 2 aromatic carbocycles. The molecule has 0 aliphatic carbocycles. The van der Waals surface area contributed by atoms with Crippen LogP contribution in [-0.4, -0.2) is 20.0 Å². The Bertz CT molecular complexity index is 658. The van der Waals surface area contributed by atoms with Gasteiger partial charge < -0.3 is 15.4 Å². The molecule has 3 N–H and O–H groups in total. The molecule has 0 unspecified atom stereocenters. The highest BCUT2D eigenvalue weighted by molar-refractivity contribution is 6.34. The summed E-state index contributed by atoms with van der Waals surface area (Å²) in [6, 6.07) is 13.4. The Labute approximate surface area is 129 Å². The molecule has 0 saturated heterocycles.